The van der Waals surface area contributed by atoms with Crippen molar-refractivity contribution in [3.8, 4) is 5.75 Å². The highest BCUT2D eigenvalue weighted by molar-refractivity contribution is 5.37. The predicted octanol–water partition coefficient (Wildman–Crippen LogP) is 3.87. The number of benzene rings is 2. The lowest BCUT2D eigenvalue weighted by Gasteiger charge is -2.29. The smallest absolute Gasteiger partial charge is 0.124 e. The summed E-state index contributed by atoms with van der Waals surface area (Å²) in [6, 6.07) is 15.6. The van der Waals surface area contributed by atoms with E-state index >= 15 is 0 Å². The molecule has 1 N–H and O–H groups in total. The molecule has 0 bridgehead atoms. The number of nitrogens with one attached hydrogen (secondary N) is 1. The Balaban J connectivity index is 1.65. The van der Waals surface area contributed by atoms with Crippen LogP contribution in [0.4, 0.5) is 4.39 Å². The maximum atomic E-state index is 12.9. The Kier molecular flexibility index (Phi) is 4.20. The molecule has 3 rings (SSSR count). The first kappa shape index (κ1) is 14.1. The highest BCUT2D eigenvalue weighted by Crippen LogP contribution is 2.31. The first-order valence-electron chi connectivity index (χ1n) is 7.44. The van der Waals surface area contributed by atoms with E-state index in [0.717, 1.165) is 30.8 Å². The van der Waals surface area contributed by atoms with E-state index in [0.29, 0.717) is 12.1 Å². The quantitative estimate of drug-likeness (QED) is 0.920. The molecule has 21 heavy (non-hydrogen) atoms. The monoisotopic (exact) mass is 285 g/mol. The van der Waals surface area contributed by atoms with Gasteiger partial charge in [0, 0.05) is 24.1 Å². The van der Waals surface area contributed by atoms with Crippen LogP contribution in [0, 0.1) is 5.82 Å². The second-order valence-corrected chi connectivity index (χ2v) is 5.63. The fraction of sp³-hybridized carbons (Fsp3) is 0.333. The van der Waals surface area contributed by atoms with Crippen molar-refractivity contribution in [1.82, 2.24) is 5.32 Å². The molecule has 110 valence electrons. The number of hydrogen-bond donors (Lipinski definition) is 1. The number of halogens is 1. The molecule has 3 heteroatoms. The van der Waals surface area contributed by atoms with Crippen LogP contribution in [0.15, 0.2) is 48.5 Å². The minimum Gasteiger partial charge on any atom is -0.493 e. The molecule has 0 aliphatic carbocycles. The Morgan fingerprint density at radius 1 is 1.19 bits per heavy atom. The molecule has 2 aromatic rings. The molecule has 0 fully saturated rings. The molecule has 2 aromatic carbocycles. The van der Waals surface area contributed by atoms with E-state index in [9.17, 15) is 4.39 Å². The van der Waals surface area contributed by atoms with Gasteiger partial charge < -0.3 is 10.1 Å². The summed E-state index contributed by atoms with van der Waals surface area (Å²) in [5.74, 6) is 0.799. The number of hydrogen-bond acceptors (Lipinski definition) is 2. The molecule has 0 amide bonds. The lowest BCUT2D eigenvalue weighted by atomic mass is 9.98. The zero-order chi connectivity index (χ0) is 14.7. The number of ether oxygens (including phenoxy) is 1. The van der Waals surface area contributed by atoms with Crippen LogP contribution < -0.4 is 10.1 Å². The minimum atomic E-state index is -0.183. The average Bonchev–Trinajstić information content (AvgIpc) is 2.50. The van der Waals surface area contributed by atoms with Crippen molar-refractivity contribution < 1.29 is 9.13 Å². The van der Waals surface area contributed by atoms with E-state index in [1.54, 1.807) is 0 Å². The third-order valence-electron chi connectivity index (χ3n) is 3.90. The third kappa shape index (κ3) is 3.42. The van der Waals surface area contributed by atoms with E-state index in [1.165, 1.54) is 17.7 Å². The van der Waals surface area contributed by atoms with E-state index in [4.69, 9.17) is 4.74 Å². The van der Waals surface area contributed by atoms with Crippen molar-refractivity contribution in [2.45, 2.75) is 31.8 Å². The molecule has 2 nitrogen and oxygen atoms in total. The van der Waals surface area contributed by atoms with Crippen molar-refractivity contribution in [3.63, 3.8) is 0 Å². The highest BCUT2D eigenvalue weighted by Gasteiger charge is 2.22. The summed E-state index contributed by atoms with van der Waals surface area (Å²) in [7, 11) is 0. The molecule has 2 atom stereocenters. The number of fused-ring (bicyclic) bond motifs is 1. The first-order valence-corrected chi connectivity index (χ1v) is 7.44. The van der Waals surface area contributed by atoms with E-state index in [2.05, 4.69) is 18.3 Å². The Bertz CT molecular complexity index is 596. The van der Waals surface area contributed by atoms with Crippen LogP contribution in [0.25, 0.3) is 0 Å². The van der Waals surface area contributed by atoms with Gasteiger partial charge in [-0.15, -0.1) is 0 Å². The number of rotatable bonds is 4. The average molecular weight is 285 g/mol. The van der Waals surface area contributed by atoms with E-state index in [1.807, 2.05) is 30.3 Å². The fourth-order valence-electron chi connectivity index (χ4n) is 2.89. The van der Waals surface area contributed by atoms with Gasteiger partial charge in [0.2, 0.25) is 0 Å². The molecular formula is C18H20FNO. The zero-order valence-electron chi connectivity index (χ0n) is 12.2. The van der Waals surface area contributed by atoms with Gasteiger partial charge >= 0.3 is 0 Å². The highest BCUT2D eigenvalue weighted by atomic mass is 19.1. The molecule has 2 unspecified atom stereocenters. The van der Waals surface area contributed by atoms with Crippen LogP contribution in [0.5, 0.6) is 5.75 Å². The van der Waals surface area contributed by atoms with Crippen LogP contribution in [-0.2, 0) is 6.42 Å². The molecule has 0 aromatic heterocycles. The molecule has 0 saturated heterocycles. The number of para-hydroxylation sites is 1. The summed E-state index contributed by atoms with van der Waals surface area (Å²) in [6.07, 6.45) is 1.87. The van der Waals surface area contributed by atoms with Gasteiger partial charge in [0.25, 0.3) is 0 Å². The van der Waals surface area contributed by atoms with Gasteiger partial charge in [0.15, 0.2) is 0 Å². The Morgan fingerprint density at radius 2 is 1.95 bits per heavy atom. The lowest BCUT2D eigenvalue weighted by molar-refractivity contribution is 0.245. The third-order valence-corrected chi connectivity index (χ3v) is 3.90. The van der Waals surface area contributed by atoms with Crippen molar-refractivity contribution in [2.75, 3.05) is 6.61 Å². The second-order valence-electron chi connectivity index (χ2n) is 5.63. The van der Waals surface area contributed by atoms with Crippen LogP contribution in [-0.4, -0.2) is 12.6 Å². The van der Waals surface area contributed by atoms with Gasteiger partial charge in [-0.3, -0.25) is 0 Å². The fourth-order valence-corrected chi connectivity index (χ4v) is 2.89. The summed E-state index contributed by atoms with van der Waals surface area (Å²) in [4.78, 5) is 0. The van der Waals surface area contributed by atoms with Gasteiger partial charge in [-0.2, -0.15) is 0 Å². The standard InChI is InChI=1S/C18H20FNO/c1-13(12-14-6-8-15(19)9-7-14)20-17-10-11-21-18-5-3-2-4-16(17)18/h2-9,13,17,20H,10-12H2,1H3. The minimum absolute atomic E-state index is 0.183. The Labute approximate surface area is 125 Å². The molecule has 1 heterocycles. The normalized spacial score (nSPS) is 18.7. The molecule has 0 radical (unpaired) electrons. The van der Waals surface area contributed by atoms with Crippen LogP contribution in [0.1, 0.15) is 30.5 Å². The largest absolute Gasteiger partial charge is 0.493 e. The van der Waals surface area contributed by atoms with Gasteiger partial charge in [0.05, 0.1) is 6.61 Å². The van der Waals surface area contributed by atoms with E-state index < -0.39 is 0 Å². The van der Waals surface area contributed by atoms with Crippen LogP contribution in [0.2, 0.25) is 0 Å². The molecular weight excluding hydrogens is 265 g/mol. The SMILES string of the molecule is CC(Cc1ccc(F)cc1)NC1CCOc2ccccc21. The molecule has 0 spiro atoms. The van der Waals surface area contributed by atoms with Crippen molar-refractivity contribution in [1.29, 1.82) is 0 Å². The summed E-state index contributed by atoms with van der Waals surface area (Å²) in [6.45, 7) is 2.92. The summed E-state index contributed by atoms with van der Waals surface area (Å²) < 4.78 is 18.6. The van der Waals surface area contributed by atoms with E-state index in [-0.39, 0.29) is 5.82 Å². The lowest BCUT2D eigenvalue weighted by Crippen LogP contribution is -2.35. The predicted molar refractivity (Wildman–Crippen MR) is 82.0 cm³/mol. The summed E-state index contributed by atoms with van der Waals surface area (Å²) in [5, 5.41) is 3.66. The van der Waals surface area contributed by atoms with Gasteiger partial charge in [-0.1, -0.05) is 30.3 Å². The van der Waals surface area contributed by atoms with Crippen molar-refractivity contribution in [3.05, 3.63) is 65.5 Å². The topological polar surface area (TPSA) is 21.3 Å². The van der Waals surface area contributed by atoms with Crippen LogP contribution >= 0.6 is 0 Å². The molecule has 1 aliphatic rings. The maximum Gasteiger partial charge on any atom is 0.124 e. The summed E-state index contributed by atoms with van der Waals surface area (Å²) in [5.41, 5.74) is 2.38. The van der Waals surface area contributed by atoms with Crippen LogP contribution in [0.3, 0.4) is 0 Å². The van der Waals surface area contributed by atoms with Crippen molar-refractivity contribution >= 4 is 0 Å². The Morgan fingerprint density at radius 3 is 2.76 bits per heavy atom. The second kappa shape index (κ2) is 6.27. The molecule has 1 aliphatic heterocycles. The first-order chi connectivity index (χ1) is 10.2. The zero-order valence-corrected chi connectivity index (χ0v) is 12.2. The van der Waals surface area contributed by atoms with Gasteiger partial charge in [-0.25, -0.2) is 4.39 Å². The van der Waals surface area contributed by atoms with Gasteiger partial charge in [-0.05, 0) is 37.1 Å². The Hall–Kier alpha value is -1.87. The van der Waals surface area contributed by atoms with Gasteiger partial charge in [0.1, 0.15) is 11.6 Å². The summed E-state index contributed by atoms with van der Waals surface area (Å²) >= 11 is 0. The van der Waals surface area contributed by atoms with Crippen molar-refractivity contribution in [2.24, 2.45) is 0 Å². The molecule has 0 saturated carbocycles. The maximum absolute atomic E-state index is 12.9.